The third-order valence-electron chi connectivity index (χ3n) is 9.64. The minimum Gasteiger partial charge on any atom is -0.349 e. The number of carbonyl (C=O) groups excluding carboxylic acids is 1. The van der Waals surface area contributed by atoms with Crippen molar-refractivity contribution in [2.75, 3.05) is 45.8 Å². The molecule has 9 heteroatoms. The predicted molar refractivity (Wildman–Crippen MR) is 167 cm³/mol. The van der Waals surface area contributed by atoms with Gasteiger partial charge >= 0.3 is 0 Å². The number of pyridine rings is 1. The number of hydrogen-bond donors (Lipinski definition) is 3. The number of alkyl halides is 2. The Balaban J connectivity index is 1.20. The number of aryl methyl sites for hydroxylation is 1. The number of halogens is 2. The van der Waals surface area contributed by atoms with Crippen molar-refractivity contribution in [2.45, 2.75) is 88.3 Å². The van der Waals surface area contributed by atoms with Crippen LogP contribution in [0.15, 0.2) is 48.7 Å². The Morgan fingerprint density at radius 3 is 2.74 bits per heavy atom. The van der Waals surface area contributed by atoms with E-state index in [4.69, 9.17) is 10.7 Å². The van der Waals surface area contributed by atoms with Gasteiger partial charge in [-0.1, -0.05) is 36.4 Å². The van der Waals surface area contributed by atoms with E-state index in [2.05, 4.69) is 44.7 Å². The molecule has 2 aliphatic carbocycles. The van der Waals surface area contributed by atoms with Crippen molar-refractivity contribution in [1.29, 1.82) is 0 Å². The average Bonchev–Trinajstić information content (AvgIpc) is 3.03. The summed E-state index contributed by atoms with van der Waals surface area (Å²) in [6, 6.07) is 14.9. The van der Waals surface area contributed by atoms with Crippen molar-refractivity contribution in [2.24, 2.45) is 11.7 Å². The summed E-state index contributed by atoms with van der Waals surface area (Å²) >= 11 is 0. The lowest BCUT2D eigenvalue weighted by molar-refractivity contribution is -0.130. The summed E-state index contributed by atoms with van der Waals surface area (Å²) in [6.07, 6.45) is 8.37. The summed E-state index contributed by atoms with van der Waals surface area (Å²) in [7, 11) is 0. The molecule has 4 N–H and O–H groups in total. The van der Waals surface area contributed by atoms with Gasteiger partial charge in [-0.05, 0) is 81.6 Å². The molecule has 3 aliphatic rings. The van der Waals surface area contributed by atoms with Crippen LogP contribution in [0.3, 0.4) is 0 Å². The highest BCUT2D eigenvalue weighted by molar-refractivity contribution is 5.79. The third-order valence-corrected chi connectivity index (χ3v) is 9.64. The van der Waals surface area contributed by atoms with Gasteiger partial charge in [-0.2, -0.15) is 0 Å². The van der Waals surface area contributed by atoms with Crippen LogP contribution < -0.4 is 16.4 Å². The lowest BCUT2D eigenvalue weighted by Gasteiger charge is -2.41. The standard InChI is InChI=1S/C34H50F2N6O/c35-34(36)16-13-28(14-17-34)33(43)40-30(26-8-2-1-3-9-26)15-22-41-23-20-38-29(24-41)25-42(21-5-4-18-37)31-12-6-10-27-11-7-19-39-32(27)31/h1-3,7-9,11,19,28-31,38H,4-6,10,12-18,20-25,37H2,(H,40,43)/t29-,30-,31-/m0/s1. The maximum absolute atomic E-state index is 13.7. The van der Waals surface area contributed by atoms with Crippen LogP contribution in [-0.2, 0) is 11.2 Å². The number of unbranched alkanes of at least 4 members (excludes halogenated alkanes) is 1. The first-order chi connectivity index (χ1) is 20.9. The number of nitrogens with two attached hydrogens (primary N) is 1. The highest BCUT2D eigenvalue weighted by atomic mass is 19.3. The van der Waals surface area contributed by atoms with Crippen molar-refractivity contribution < 1.29 is 13.6 Å². The molecule has 1 aromatic carbocycles. The second kappa shape index (κ2) is 15.5. The number of aromatic nitrogens is 1. The molecule has 0 bridgehead atoms. The highest BCUT2D eigenvalue weighted by Crippen LogP contribution is 2.37. The minimum atomic E-state index is -2.63. The van der Waals surface area contributed by atoms with E-state index < -0.39 is 5.92 Å². The van der Waals surface area contributed by atoms with Gasteiger partial charge in [-0.25, -0.2) is 8.78 Å². The molecule has 2 aromatic rings. The number of carbonyl (C=O) groups is 1. The predicted octanol–water partition coefficient (Wildman–Crippen LogP) is 4.85. The van der Waals surface area contributed by atoms with Gasteiger partial charge in [0.2, 0.25) is 11.8 Å². The number of benzene rings is 1. The fourth-order valence-electron chi connectivity index (χ4n) is 7.19. The zero-order valence-corrected chi connectivity index (χ0v) is 25.5. The van der Waals surface area contributed by atoms with Crippen LogP contribution in [0, 0.1) is 5.92 Å². The van der Waals surface area contributed by atoms with Gasteiger partial charge in [-0.15, -0.1) is 0 Å². The maximum atomic E-state index is 13.7. The molecule has 0 spiro atoms. The molecule has 2 fully saturated rings. The normalized spacial score (nSPS) is 23.5. The van der Waals surface area contributed by atoms with E-state index in [0.29, 0.717) is 12.1 Å². The summed E-state index contributed by atoms with van der Waals surface area (Å²) in [6.45, 7) is 6.40. The smallest absolute Gasteiger partial charge is 0.248 e. The molecule has 1 aliphatic heterocycles. The van der Waals surface area contributed by atoms with Crippen LogP contribution in [-0.4, -0.2) is 78.5 Å². The summed E-state index contributed by atoms with van der Waals surface area (Å²) in [5.74, 6) is -3.05. The number of amides is 1. The molecular formula is C34H50F2N6O. The second-order valence-electron chi connectivity index (χ2n) is 12.8. The van der Waals surface area contributed by atoms with Gasteiger partial charge in [0.1, 0.15) is 0 Å². The topological polar surface area (TPSA) is 86.5 Å². The van der Waals surface area contributed by atoms with Gasteiger partial charge in [0, 0.05) is 63.7 Å². The number of rotatable bonds is 13. The zero-order valence-electron chi connectivity index (χ0n) is 25.5. The molecule has 43 heavy (non-hydrogen) atoms. The molecule has 3 atom stereocenters. The first kappa shape index (κ1) is 31.9. The number of hydrogen-bond acceptors (Lipinski definition) is 6. The molecule has 236 valence electrons. The number of nitrogens with one attached hydrogen (secondary N) is 2. The number of piperazine rings is 1. The monoisotopic (exact) mass is 596 g/mol. The molecule has 1 aromatic heterocycles. The van der Waals surface area contributed by atoms with Crippen LogP contribution in [0.2, 0.25) is 0 Å². The fraction of sp³-hybridized carbons (Fsp3) is 0.647. The quantitative estimate of drug-likeness (QED) is 0.287. The van der Waals surface area contributed by atoms with E-state index in [-0.39, 0.29) is 43.6 Å². The van der Waals surface area contributed by atoms with Gasteiger partial charge in [0.05, 0.1) is 17.8 Å². The molecule has 0 radical (unpaired) electrons. The summed E-state index contributed by atoms with van der Waals surface area (Å²) < 4.78 is 27.4. The van der Waals surface area contributed by atoms with Crippen molar-refractivity contribution in [3.05, 3.63) is 65.5 Å². The summed E-state index contributed by atoms with van der Waals surface area (Å²) in [5, 5.41) is 7.02. The summed E-state index contributed by atoms with van der Waals surface area (Å²) in [4.78, 5) is 23.1. The van der Waals surface area contributed by atoms with Crippen LogP contribution >= 0.6 is 0 Å². The molecule has 0 unspecified atom stereocenters. The molecule has 7 nitrogen and oxygen atoms in total. The fourth-order valence-corrected chi connectivity index (χ4v) is 7.19. The van der Waals surface area contributed by atoms with Gasteiger partial charge in [-0.3, -0.25) is 14.7 Å². The highest BCUT2D eigenvalue weighted by Gasteiger charge is 2.38. The SMILES string of the molecule is NCCCCN(C[C@@H]1CN(CC[C@H](NC(=O)C2CCC(F)(F)CC2)c2ccccc2)CCN1)[C@H]1CCCc2cccnc21. The van der Waals surface area contributed by atoms with E-state index >= 15 is 0 Å². The van der Waals surface area contributed by atoms with Crippen molar-refractivity contribution in [1.82, 2.24) is 25.4 Å². The largest absolute Gasteiger partial charge is 0.349 e. The Kier molecular flexibility index (Phi) is 11.5. The molecule has 2 heterocycles. The lowest BCUT2D eigenvalue weighted by Crippen LogP contribution is -2.55. The average molecular weight is 597 g/mol. The maximum Gasteiger partial charge on any atom is 0.248 e. The molecular weight excluding hydrogens is 546 g/mol. The number of nitrogens with zero attached hydrogens (tertiary/aromatic N) is 3. The number of fused-ring (bicyclic) bond motifs is 1. The van der Waals surface area contributed by atoms with E-state index in [0.717, 1.165) is 83.5 Å². The first-order valence-electron chi connectivity index (χ1n) is 16.5. The molecule has 5 rings (SSSR count). The van der Waals surface area contributed by atoms with Crippen LogP contribution in [0.1, 0.15) is 86.7 Å². The molecule has 1 saturated heterocycles. The zero-order chi connectivity index (χ0) is 30.1. The van der Waals surface area contributed by atoms with Crippen LogP contribution in [0.5, 0.6) is 0 Å². The Labute approximate surface area is 256 Å². The Hall–Kier alpha value is -2.46. The first-order valence-corrected chi connectivity index (χ1v) is 16.5. The van der Waals surface area contributed by atoms with Gasteiger partial charge < -0.3 is 21.3 Å². The van der Waals surface area contributed by atoms with Crippen molar-refractivity contribution >= 4 is 5.91 Å². The van der Waals surface area contributed by atoms with Crippen LogP contribution in [0.25, 0.3) is 0 Å². The Bertz CT molecular complexity index is 1140. The molecule has 1 amide bonds. The Morgan fingerprint density at radius 2 is 1.95 bits per heavy atom. The van der Waals surface area contributed by atoms with Gasteiger partial charge in [0.25, 0.3) is 0 Å². The third kappa shape index (κ3) is 9.03. The van der Waals surface area contributed by atoms with Crippen LogP contribution in [0.4, 0.5) is 8.78 Å². The minimum absolute atomic E-state index is 0.0861. The van der Waals surface area contributed by atoms with E-state index in [1.54, 1.807) is 0 Å². The summed E-state index contributed by atoms with van der Waals surface area (Å²) in [5.41, 5.74) is 9.55. The second-order valence-corrected chi connectivity index (χ2v) is 12.8. The molecule has 1 saturated carbocycles. The van der Waals surface area contributed by atoms with Crippen molar-refractivity contribution in [3.8, 4) is 0 Å². The Morgan fingerprint density at radius 1 is 1.14 bits per heavy atom. The van der Waals surface area contributed by atoms with E-state index in [9.17, 15) is 13.6 Å². The lowest BCUT2D eigenvalue weighted by atomic mass is 9.86. The van der Waals surface area contributed by atoms with Crippen molar-refractivity contribution in [3.63, 3.8) is 0 Å². The van der Waals surface area contributed by atoms with Gasteiger partial charge in [0.15, 0.2) is 0 Å². The van der Waals surface area contributed by atoms with E-state index in [1.165, 1.54) is 17.7 Å². The van der Waals surface area contributed by atoms with E-state index in [1.807, 2.05) is 24.4 Å².